The predicted molar refractivity (Wildman–Crippen MR) is 107 cm³/mol. The normalized spacial score (nSPS) is 16.6. The maximum absolute atomic E-state index is 12.3. The number of nitrogens with zero attached hydrogens (tertiary/aromatic N) is 2. The molecule has 1 atom stereocenters. The fourth-order valence-corrected chi connectivity index (χ4v) is 3.32. The van der Waals surface area contributed by atoms with Gasteiger partial charge in [0.1, 0.15) is 17.5 Å². The second kappa shape index (κ2) is 7.75. The van der Waals surface area contributed by atoms with Crippen molar-refractivity contribution in [1.29, 1.82) is 0 Å². The predicted octanol–water partition coefficient (Wildman–Crippen LogP) is 3.22. The number of anilines is 3. The lowest BCUT2D eigenvalue weighted by Gasteiger charge is -2.14. The molecule has 0 radical (unpaired) electrons. The number of hydrogen-bond donors (Lipinski definition) is 3. The number of pyridine rings is 3. The number of nitrogens with one attached hydrogen (secondary N) is 3. The Hall–Kier alpha value is -2.93. The van der Waals surface area contributed by atoms with Gasteiger partial charge in [0.25, 0.3) is 5.56 Å². The molecule has 3 aromatic rings. The first kappa shape index (κ1) is 17.5. The molecule has 4 heterocycles. The zero-order valence-electron chi connectivity index (χ0n) is 15.3. The van der Waals surface area contributed by atoms with Crippen LogP contribution in [0.15, 0.2) is 41.5 Å². The van der Waals surface area contributed by atoms with Crippen LogP contribution in [0.5, 0.6) is 0 Å². The maximum atomic E-state index is 12.3. The fraction of sp³-hybridized carbons (Fsp3) is 0.350. The van der Waals surface area contributed by atoms with Crippen LogP contribution in [0.1, 0.15) is 25.3 Å². The average Bonchev–Trinajstić information content (AvgIpc) is 3.20. The second-order valence-corrected chi connectivity index (χ2v) is 6.67. The van der Waals surface area contributed by atoms with Gasteiger partial charge in [-0.15, -0.1) is 0 Å². The highest BCUT2D eigenvalue weighted by molar-refractivity contribution is 5.93. The highest BCUT2D eigenvalue weighted by Crippen LogP contribution is 2.24. The number of aromatic amines is 1. The van der Waals surface area contributed by atoms with Crippen molar-refractivity contribution in [3.63, 3.8) is 0 Å². The third-order valence-corrected chi connectivity index (χ3v) is 4.76. The molecular formula is C20H23N5O2. The number of rotatable bonds is 6. The molecule has 1 saturated heterocycles. The first-order valence-corrected chi connectivity index (χ1v) is 9.33. The molecule has 3 aromatic heterocycles. The summed E-state index contributed by atoms with van der Waals surface area (Å²) < 4.78 is 5.67. The van der Waals surface area contributed by atoms with E-state index in [0.29, 0.717) is 23.6 Å². The minimum absolute atomic E-state index is 0.157. The third kappa shape index (κ3) is 3.93. The Balaban J connectivity index is 1.67. The van der Waals surface area contributed by atoms with Crippen LogP contribution >= 0.6 is 0 Å². The summed E-state index contributed by atoms with van der Waals surface area (Å²) >= 11 is 0. The quantitative estimate of drug-likeness (QED) is 0.621. The Labute approximate surface area is 157 Å². The monoisotopic (exact) mass is 365 g/mol. The van der Waals surface area contributed by atoms with E-state index in [4.69, 9.17) is 4.74 Å². The molecule has 0 aliphatic carbocycles. The van der Waals surface area contributed by atoms with Crippen molar-refractivity contribution in [2.75, 3.05) is 23.8 Å². The molecule has 0 bridgehead atoms. The van der Waals surface area contributed by atoms with Crippen LogP contribution in [-0.4, -0.2) is 34.2 Å². The number of fused-ring (bicyclic) bond motifs is 1. The van der Waals surface area contributed by atoms with Crippen molar-refractivity contribution >= 4 is 28.2 Å². The van der Waals surface area contributed by atoms with Crippen molar-refractivity contribution in [1.82, 2.24) is 15.0 Å². The SMILES string of the molecule is CCc1ccnc(Nc2cc3cc[nH]c(=O)c3c(NC[C@H]3CCCO3)n2)c1. The summed E-state index contributed by atoms with van der Waals surface area (Å²) in [6.07, 6.45) is 6.61. The molecule has 4 rings (SSSR count). The Morgan fingerprint density at radius 2 is 2.22 bits per heavy atom. The third-order valence-electron chi connectivity index (χ3n) is 4.76. The zero-order chi connectivity index (χ0) is 18.6. The Kier molecular flexibility index (Phi) is 5.02. The second-order valence-electron chi connectivity index (χ2n) is 6.67. The van der Waals surface area contributed by atoms with E-state index in [1.54, 1.807) is 12.4 Å². The van der Waals surface area contributed by atoms with Gasteiger partial charge in [-0.3, -0.25) is 4.79 Å². The topological polar surface area (TPSA) is 91.9 Å². The van der Waals surface area contributed by atoms with Crippen molar-refractivity contribution in [3.05, 3.63) is 52.6 Å². The molecule has 0 saturated carbocycles. The molecule has 0 unspecified atom stereocenters. The lowest BCUT2D eigenvalue weighted by molar-refractivity contribution is 0.120. The minimum Gasteiger partial charge on any atom is -0.376 e. The van der Waals surface area contributed by atoms with Gasteiger partial charge >= 0.3 is 0 Å². The van der Waals surface area contributed by atoms with Gasteiger partial charge in [0.2, 0.25) is 0 Å². The summed E-state index contributed by atoms with van der Waals surface area (Å²) in [7, 11) is 0. The van der Waals surface area contributed by atoms with Crippen LogP contribution in [0.25, 0.3) is 10.8 Å². The first-order valence-electron chi connectivity index (χ1n) is 9.33. The van der Waals surface area contributed by atoms with Gasteiger partial charge in [-0.2, -0.15) is 0 Å². The standard InChI is InChI=1S/C20H23N5O2/c1-2-13-5-7-21-16(10-13)24-17-11-14-6-8-22-20(26)18(14)19(25-17)23-12-15-4-3-9-27-15/h5-8,10-11,15H,2-4,9,12H2,1H3,(H,22,26)(H2,21,23,24,25)/t15-/m1/s1. The molecule has 1 fully saturated rings. The number of hydrogen-bond acceptors (Lipinski definition) is 6. The van der Waals surface area contributed by atoms with Crippen molar-refractivity contribution < 1.29 is 4.74 Å². The van der Waals surface area contributed by atoms with E-state index in [-0.39, 0.29) is 11.7 Å². The van der Waals surface area contributed by atoms with Crippen LogP contribution in [0.4, 0.5) is 17.5 Å². The molecule has 1 aliphatic heterocycles. The highest BCUT2D eigenvalue weighted by Gasteiger charge is 2.17. The van der Waals surface area contributed by atoms with E-state index >= 15 is 0 Å². The highest BCUT2D eigenvalue weighted by atomic mass is 16.5. The van der Waals surface area contributed by atoms with Crippen LogP contribution < -0.4 is 16.2 Å². The zero-order valence-corrected chi connectivity index (χ0v) is 15.3. The van der Waals surface area contributed by atoms with Crippen molar-refractivity contribution in [2.45, 2.75) is 32.3 Å². The Morgan fingerprint density at radius 1 is 1.30 bits per heavy atom. The van der Waals surface area contributed by atoms with E-state index in [1.807, 2.05) is 24.3 Å². The lowest BCUT2D eigenvalue weighted by atomic mass is 10.2. The summed E-state index contributed by atoms with van der Waals surface area (Å²) in [5, 5.41) is 7.92. The van der Waals surface area contributed by atoms with E-state index in [1.165, 1.54) is 5.56 Å². The summed E-state index contributed by atoms with van der Waals surface area (Å²) in [6, 6.07) is 7.73. The molecule has 1 aliphatic rings. The molecule has 0 aromatic carbocycles. The van der Waals surface area contributed by atoms with Gasteiger partial charge in [-0.25, -0.2) is 9.97 Å². The fourth-order valence-electron chi connectivity index (χ4n) is 3.32. The van der Waals surface area contributed by atoms with Crippen LogP contribution in [0, 0.1) is 0 Å². The molecular weight excluding hydrogens is 342 g/mol. The van der Waals surface area contributed by atoms with Crippen LogP contribution in [-0.2, 0) is 11.2 Å². The van der Waals surface area contributed by atoms with E-state index < -0.39 is 0 Å². The molecule has 7 nitrogen and oxygen atoms in total. The maximum Gasteiger partial charge on any atom is 0.259 e. The molecule has 3 N–H and O–H groups in total. The molecule has 0 amide bonds. The van der Waals surface area contributed by atoms with Crippen molar-refractivity contribution in [3.8, 4) is 0 Å². The summed E-state index contributed by atoms with van der Waals surface area (Å²) in [4.78, 5) is 24.1. The molecule has 27 heavy (non-hydrogen) atoms. The van der Waals surface area contributed by atoms with Gasteiger partial charge in [-0.1, -0.05) is 6.92 Å². The molecule has 0 spiro atoms. The van der Waals surface area contributed by atoms with Crippen molar-refractivity contribution in [2.24, 2.45) is 0 Å². The van der Waals surface area contributed by atoms with Gasteiger partial charge in [0, 0.05) is 25.5 Å². The largest absolute Gasteiger partial charge is 0.376 e. The minimum atomic E-state index is -0.160. The van der Waals surface area contributed by atoms with Crippen LogP contribution in [0.2, 0.25) is 0 Å². The molecule has 140 valence electrons. The van der Waals surface area contributed by atoms with Gasteiger partial charge < -0.3 is 20.4 Å². The number of ether oxygens (including phenoxy) is 1. The smallest absolute Gasteiger partial charge is 0.259 e. The average molecular weight is 365 g/mol. The Bertz CT molecular complexity index is 995. The van der Waals surface area contributed by atoms with Crippen LogP contribution in [0.3, 0.4) is 0 Å². The summed E-state index contributed by atoms with van der Waals surface area (Å²) in [6.45, 7) is 3.53. The van der Waals surface area contributed by atoms with Gasteiger partial charge in [0.15, 0.2) is 0 Å². The molecule has 7 heteroatoms. The van der Waals surface area contributed by atoms with E-state index in [9.17, 15) is 4.79 Å². The van der Waals surface area contributed by atoms with Gasteiger partial charge in [-0.05, 0) is 54.5 Å². The van der Waals surface area contributed by atoms with E-state index in [2.05, 4.69) is 32.5 Å². The van der Waals surface area contributed by atoms with Gasteiger partial charge in [0.05, 0.1) is 11.5 Å². The first-order chi connectivity index (χ1) is 13.2. The Morgan fingerprint density at radius 3 is 3.04 bits per heavy atom. The van der Waals surface area contributed by atoms with E-state index in [0.717, 1.165) is 37.1 Å². The lowest BCUT2D eigenvalue weighted by Crippen LogP contribution is -2.20. The number of aromatic nitrogens is 3. The summed E-state index contributed by atoms with van der Waals surface area (Å²) in [5.74, 6) is 1.93. The number of aryl methyl sites for hydroxylation is 1. The summed E-state index contributed by atoms with van der Waals surface area (Å²) in [5.41, 5.74) is 1.04. The number of H-pyrrole nitrogens is 1.